The van der Waals surface area contributed by atoms with Crippen LogP contribution in [0.25, 0.3) is 0 Å². The molecule has 1 heterocycles. The number of nitrogens with zero attached hydrogens (tertiary/aromatic N) is 2. The SMILES string of the molecule is CN=C(NCC(=O)N1CCc2ccccc2C1)NCc1ccccc1OC(F)F. The molecule has 154 valence electrons. The third kappa shape index (κ3) is 5.66. The summed E-state index contributed by atoms with van der Waals surface area (Å²) in [6.45, 7) is -1.28. The van der Waals surface area contributed by atoms with Crippen LogP contribution in [0.5, 0.6) is 5.75 Å². The van der Waals surface area contributed by atoms with E-state index in [1.807, 2.05) is 23.1 Å². The Morgan fingerprint density at radius 3 is 2.62 bits per heavy atom. The lowest BCUT2D eigenvalue weighted by molar-refractivity contribution is -0.130. The van der Waals surface area contributed by atoms with Gasteiger partial charge < -0.3 is 20.3 Å². The van der Waals surface area contributed by atoms with Crippen LogP contribution in [0.3, 0.4) is 0 Å². The van der Waals surface area contributed by atoms with E-state index in [0.29, 0.717) is 24.6 Å². The van der Waals surface area contributed by atoms with Gasteiger partial charge in [0.05, 0.1) is 6.54 Å². The second kappa shape index (κ2) is 9.86. The van der Waals surface area contributed by atoms with E-state index in [1.54, 1.807) is 25.2 Å². The van der Waals surface area contributed by atoms with Crippen LogP contribution >= 0.6 is 0 Å². The number of aliphatic imine (C=N–C) groups is 1. The molecule has 0 saturated carbocycles. The highest BCUT2D eigenvalue weighted by Gasteiger charge is 2.20. The van der Waals surface area contributed by atoms with Gasteiger partial charge in [0.1, 0.15) is 5.75 Å². The summed E-state index contributed by atoms with van der Waals surface area (Å²) in [4.78, 5) is 18.5. The summed E-state index contributed by atoms with van der Waals surface area (Å²) < 4.78 is 29.6. The molecule has 1 aliphatic heterocycles. The lowest BCUT2D eigenvalue weighted by Crippen LogP contribution is -2.45. The highest BCUT2D eigenvalue weighted by Crippen LogP contribution is 2.20. The van der Waals surface area contributed by atoms with E-state index < -0.39 is 6.61 Å². The van der Waals surface area contributed by atoms with Gasteiger partial charge in [0.2, 0.25) is 5.91 Å². The summed E-state index contributed by atoms with van der Waals surface area (Å²) >= 11 is 0. The molecule has 0 unspecified atom stereocenters. The van der Waals surface area contributed by atoms with Gasteiger partial charge in [0.25, 0.3) is 0 Å². The second-order valence-corrected chi connectivity index (χ2v) is 6.60. The molecule has 0 atom stereocenters. The van der Waals surface area contributed by atoms with Crippen LogP contribution in [0, 0.1) is 0 Å². The Hall–Kier alpha value is -3.16. The minimum Gasteiger partial charge on any atom is -0.434 e. The number of carbonyl (C=O) groups excluding carboxylic acids is 1. The number of fused-ring (bicyclic) bond motifs is 1. The normalized spacial score (nSPS) is 13.8. The summed E-state index contributed by atoms with van der Waals surface area (Å²) in [5.41, 5.74) is 3.02. The van der Waals surface area contributed by atoms with E-state index in [4.69, 9.17) is 0 Å². The van der Waals surface area contributed by atoms with Crippen LogP contribution in [-0.4, -0.2) is 43.5 Å². The zero-order valence-corrected chi connectivity index (χ0v) is 16.2. The Labute approximate surface area is 168 Å². The van der Waals surface area contributed by atoms with Gasteiger partial charge in [-0.25, -0.2) is 0 Å². The van der Waals surface area contributed by atoms with Gasteiger partial charge in [-0.15, -0.1) is 0 Å². The molecule has 0 aliphatic carbocycles. The fraction of sp³-hybridized carbons (Fsp3) is 0.333. The van der Waals surface area contributed by atoms with E-state index in [9.17, 15) is 13.6 Å². The number of hydrogen-bond acceptors (Lipinski definition) is 3. The van der Waals surface area contributed by atoms with Crippen LogP contribution in [0.15, 0.2) is 53.5 Å². The first kappa shape index (κ1) is 20.6. The number of ether oxygens (including phenoxy) is 1. The molecule has 0 bridgehead atoms. The number of benzene rings is 2. The Morgan fingerprint density at radius 1 is 1.14 bits per heavy atom. The molecule has 0 saturated heterocycles. The quantitative estimate of drug-likeness (QED) is 0.576. The molecule has 6 nitrogen and oxygen atoms in total. The zero-order chi connectivity index (χ0) is 20.6. The minimum absolute atomic E-state index is 0.0242. The lowest BCUT2D eigenvalue weighted by atomic mass is 10.00. The van der Waals surface area contributed by atoms with Gasteiger partial charge in [-0.05, 0) is 23.6 Å². The number of hydrogen-bond donors (Lipinski definition) is 2. The largest absolute Gasteiger partial charge is 0.434 e. The highest BCUT2D eigenvalue weighted by atomic mass is 19.3. The van der Waals surface area contributed by atoms with Crippen molar-refractivity contribution in [1.29, 1.82) is 0 Å². The number of amides is 1. The van der Waals surface area contributed by atoms with Crippen LogP contribution in [0.2, 0.25) is 0 Å². The molecule has 0 aromatic heterocycles. The molecule has 2 N–H and O–H groups in total. The summed E-state index contributed by atoms with van der Waals surface area (Å²) in [6.07, 6.45) is 0.843. The molecular formula is C21H24F2N4O2. The third-order valence-electron chi connectivity index (χ3n) is 4.75. The molecule has 29 heavy (non-hydrogen) atoms. The fourth-order valence-electron chi connectivity index (χ4n) is 3.24. The summed E-state index contributed by atoms with van der Waals surface area (Å²) in [7, 11) is 1.58. The average Bonchev–Trinajstić information content (AvgIpc) is 2.74. The van der Waals surface area contributed by atoms with Crippen molar-refractivity contribution in [2.45, 2.75) is 26.1 Å². The van der Waals surface area contributed by atoms with Gasteiger partial charge in [-0.1, -0.05) is 42.5 Å². The standard InChI is InChI=1S/C21H24F2N4O2/c1-24-21(25-12-16-7-4-5-9-18(16)29-20(22)23)26-13-19(28)27-11-10-15-6-2-3-8-17(15)14-27/h2-9,20H,10-14H2,1H3,(H2,24,25,26). The number of para-hydroxylation sites is 1. The van der Waals surface area contributed by atoms with E-state index >= 15 is 0 Å². The van der Waals surface area contributed by atoms with Gasteiger partial charge in [-0.2, -0.15) is 8.78 Å². The van der Waals surface area contributed by atoms with Crippen molar-refractivity contribution in [2.24, 2.45) is 4.99 Å². The first-order chi connectivity index (χ1) is 14.1. The van der Waals surface area contributed by atoms with Crippen LogP contribution in [0.4, 0.5) is 8.78 Å². The maximum absolute atomic E-state index is 12.6. The molecule has 2 aromatic carbocycles. The highest BCUT2D eigenvalue weighted by molar-refractivity contribution is 5.86. The van der Waals surface area contributed by atoms with Crippen molar-refractivity contribution in [3.8, 4) is 5.75 Å². The number of halogens is 2. The molecule has 0 radical (unpaired) electrons. The Kier molecular flexibility index (Phi) is 6.99. The number of nitrogens with one attached hydrogen (secondary N) is 2. The van der Waals surface area contributed by atoms with Crippen molar-refractivity contribution >= 4 is 11.9 Å². The summed E-state index contributed by atoms with van der Waals surface area (Å²) in [5, 5.41) is 6.00. The molecule has 0 spiro atoms. The molecule has 2 aromatic rings. The van der Waals surface area contributed by atoms with E-state index in [-0.39, 0.29) is 24.7 Å². The maximum atomic E-state index is 12.6. The third-order valence-corrected chi connectivity index (χ3v) is 4.75. The van der Waals surface area contributed by atoms with Crippen LogP contribution < -0.4 is 15.4 Å². The Morgan fingerprint density at radius 2 is 1.86 bits per heavy atom. The van der Waals surface area contributed by atoms with Gasteiger partial charge in [0.15, 0.2) is 5.96 Å². The monoisotopic (exact) mass is 402 g/mol. The zero-order valence-electron chi connectivity index (χ0n) is 16.2. The maximum Gasteiger partial charge on any atom is 0.387 e. The predicted octanol–water partition coefficient (Wildman–Crippen LogP) is 2.54. The first-order valence-corrected chi connectivity index (χ1v) is 9.38. The van der Waals surface area contributed by atoms with Crippen molar-refractivity contribution < 1.29 is 18.3 Å². The Balaban J connectivity index is 1.51. The molecule has 1 amide bonds. The topological polar surface area (TPSA) is 66.0 Å². The van der Waals surface area contributed by atoms with Crippen molar-refractivity contribution in [3.05, 3.63) is 65.2 Å². The minimum atomic E-state index is -2.89. The number of guanidine groups is 1. The van der Waals surface area contributed by atoms with Crippen molar-refractivity contribution in [1.82, 2.24) is 15.5 Å². The lowest BCUT2D eigenvalue weighted by Gasteiger charge is -2.29. The Bertz CT molecular complexity index is 873. The molecule has 1 aliphatic rings. The molecule has 3 rings (SSSR count). The van der Waals surface area contributed by atoms with Crippen LogP contribution in [0.1, 0.15) is 16.7 Å². The van der Waals surface area contributed by atoms with Crippen molar-refractivity contribution in [3.63, 3.8) is 0 Å². The smallest absolute Gasteiger partial charge is 0.387 e. The predicted molar refractivity (Wildman–Crippen MR) is 107 cm³/mol. The van der Waals surface area contributed by atoms with Crippen molar-refractivity contribution in [2.75, 3.05) is 20.1 Å². The number of carbonyl (C=O) groups is 1. The van der Waals surface area contributed by atoms with Crippen LogP contribution in [-0.2, 0) is 24.3 Å². The van der Waals surface area contributed by atoms with E-state index in [0.717, 1.165) is 6.42 Å². The van der Waals surface area contributed by atoms with E-state index in [2.05, 4.69) is 26.4 Å². The number of rotatable bonds is 6. The van der Waals surface area contributed by atoms with Gasteiger partial charge in [-0.3, -0.25) is 9.79 Å². The number of alkyl halides is 2. The second-order valence-electron chi connectivity index (χ2n) is 6.60. The summed E-state index contributed by atoms with van der Waals surface area (Å²) in [5.74, 6) is 0.486. The fourth-order valence-corrected chi connectivity index (χ4v) is 3.24. The molecular weight excluding hydrogens is 378 g/mol. The molecule has 0 fully saturated rings. The van der Waals surface area contributed by atoms with Gasteiger partial charge >= 0.3 is 6.61 Å². The van der Waals surface area contributed by atoms with E-state index in [1.165, 1.54) is 17.2 Å². The van der Waals surface area contributed by atoms with Gasteiger partial charge in [0, 0.05) is 32.2 Å². The first-order valence-electron chi connectivity index (χ1n) is 9.38. The average molecular weight is 402 g/mol. The summed E-state index contributed by atoms with van der Waals surface area (Å²) in [6, 6.07) is 14.7. The molecule has 8 heteroatoms.